The first-order valence-electron chi connectivity index (χ1n) is 15.0. The van der Waals surface area contributed by atoms with E-state index < -0.39 is 22.8 Å². The highest BCUT2D eigenvalue weighted by molar-refractivity contribution is 6.31. The molecule has 9 heteroatoms. The number of nitrogens with zero attached hydrogens (tertiary/aromatic N) is 2. The fourth-order valence-electron chi connectivity index (χ4n) is 6.78. The molecule has 2 aliphatic heterocycles. The van der Waals surface area contributed by atoms with Crippen molar-refractivity contribution in [1.82, 2.24) is 4.90 Å². The Labute approximate surface area is 270 Å². The molecule has 0 N–H and O–H groups in total. The number of hydrogen-bond acceptors (Lipinski definition) is 6. The number of methoxy groups -OCH3 is 2. The minimum atomic E-state index is -1.74. The molecule has 0 radical (unpaired) electrons. The van der Waals surface area contributed by atoms with Gasteiger partial charge in [-0.2, -0.15) is 0 Å². The Kier molecular flexibility index (Phi) is 7.13. The van der Waals surface area contributed by atoms with E-state index in [1.165, 1.54) is 4.90 Å². The van der Waals surface area contributed by atoms with E-state index >= 15 is 4.79 Å². The van der Waals surface area contributed by atoms with Crippen LogP contribution in [0.5, 0.6) is 11.5 Å². The summed E-state index contributed by atoms with van der Waals surface area (Å²) in [4.78, 5) is 47.3. The molecule has 0 fully saturated rings. The van der Waals surface area contributed by atoms with Crippen LogP contribution in [0.4, 0.5) is 5.69 Å². The minimum absolute atomic E-state index is 0.0414. The van der Waals surface area contributed by atoms with Gasteiger partial charge in [0.1, 0.15) is 5.58 Å². The van der Waals surface area contributed by atoms with E-state index in [9.17, 15) is 9.59 Å². The molecule has 1 unspecified atom stereocenters. The summed E-state index contributed by atoms with van der Waals surface area (Å²) in [6.07, 6.45) is 0.369. The zero-order valence-electron chi connectivity index (χ0n) is 25.8. The molecule has 0 aliphatic carbocycles. The maximum atomic E-state index is 15.1. The predicted octanol–water partition coefficient (Wildman–Crippen LogP) is 6.57. The average molecular weight is 635 g/mol. The van der Waals surface area contributed by atoms with Gasteiger partial charge in [-0.25, -0.2) is 0 Å². The van der Waals surface area contributed by atoms with Gasteiger partial charge in [-0.05, 0) is 78.9 Å². The van der Waals surface area contributed by atoms with Crippen molar-refractivity contribution in [2.24, 2.45) is 0 Å². The number of para-hydroxylation sites is 1. The molecular formula is C37H31ClN2O6. The van der Waals surface area contributed by atoms with Crippen LogP contribution in [0.2, 0.25) is 5.02 Å². The summed E-state index contributed by atoms with van der Waals surface area (Å²) in [5.41, 5.74) is 2.78. The third-order valence-corrected chi connectivity index (χ3v) is 9.58. The number of carbonyl (C=O) groups excluding carboxylic acids is 2. The average Bonchev–Trinajstić information content (AvgIpc) is 3.45. The molecule has 0 saturated heterocycles. The monoisotopic (exact) mass is 634 g/mol. The maximum Gasteiger partial charge on any atom is 0.291 e. The molecule has 1 spiro atoms. The molecule has 5 aromatic rings. The van der Waals surface area contributed by atoms with E-state index in [-0.39, 0.29) is 24.4 Å². The molecule has 2 amide bonds. The van der Waals surface area contributed by atoms with Crippen molar-refractivity contribution in [1.29, 1.82) is 0 Å². The second-order valence-electron chi connectivity index (χ2n) is 11.7. The zero-order chi connectivity index (χ0) is 32.3. The van der Waals surface area contributed by atoms with E-state index in [1.54, 1.807) is 43.4 Å². The fourth-order valence-corrected chi connectivity index (χ4v) is 6.97. The first kappa shape index (κ1) is 29.6. The number of hydrogen-bond donors (Lipinski definition) is 0. The normalized spacial score (nSPS) is 16.8. The topological polar surface area (TPSA) is 89.3 Å². The number of fused-ring (bicyclic) bond motifs is 5. The van der Waals surface area contributed by atoms with Crippen LogP contribution in [0.15, 0.2) is 88.1 Å². The molecule has 4 aromatic carbocycles. The summed E-state index contributed by atoms with van der Waals surface area (Å²) in [6, 6.07) is 23.7. The second kappa shape index (κ2) is 11.1. The van der Waals surface area contributed by atoms with Crippen molar-refractivity contribution >= 4 is 40.1 Å². The van der Waals surface area contributed by atoms with E-state index in [4.69, 9.17) is 25.5 Å². The summed E-state index contributed by atoms with van der Waals surface area (Å²) < 4.78 is 17.2. The summed E-state index contributed by atoms with van der Waals surface area (Å²) in [7, 11) is 3.13. The third-order valence-electron chi connectivity index (χ3n) is 9.21. The largest absolute Gasteiger partial charge is 0.493 e. The molecule has 232 valence electrons. The molecule has 1 aromatic heterocycles. The Morgan fingerprint density at radius 3 is 2.33 bits per heavy atom. The Hall–Kier alpha value is -5.08. The van der Waals surface area contributed by atoms with E-state index in [0.717, 1.165) is 22.3 Å². The molecule has 46 heavy (non-hydrogen) atoms. The molecule has 0 bridgehead atoms. The van der Waals surface area contributed by atoms with Gasteiger partial charge in [0.05, 0.1) is 37.4 Å². The van der Waals surface area contributed by atoms with Crippen LogP contribution in [0.25, 0.3) is 11.0 Å². The Balaban J connectivity index is 1.44. The standard InChI is InChI=1S/C37H31ClN2O6/c1-21-17-25-30(18-22(21)2)46-34-32(33(25)41)37(40(35(34)42)16-15-23-13-14-29(44-3)31(19-23)45-4)26-10-6-8-12-28(26)39(36(37)43)20-24-9-5-7-11-27(24)38/h5-14,17-19H,15-16,20H2,1-4H3. The van der Waals surface area contributed by atoms with Gasteiger partial charge in [0.25, 0.3) is 11.8 Å². The van der Waals surface area contributed by atoms with Gasteiger partial charge in [-0.1, -0.05) is 54.1 Å². The number of rotatable bonds is 7. The highest BCUT2D eigenvalue weighted by Gasteiger charge is 2.64. The molecule has 1 atom stereocenters. The third kappa shape index (κ3) is 4.24. The van der Waals surface area contributed by atoms with E-state index in [1.807, 2.05) is 68.4 Å². The Bertz CT molecular complexity index is 2140. The van der Waals surface area contributed by atoms with Gasteiger partial charge in [-0.15, -0.1) is 0 Å². The highest BCUT2D eigenvalue weighted by atomic mass is 35.5. The van der Waals surface area contributed by atoms with Gasteiger partial charge in [0.2, 0.25) is 5.76 Å². The van der Waals surface area contributed by atoms with Crippen molar-refractivity contribution in [3.63, 3.8) is 0 Å². The number of carbonyl (C=O) groups is 2. The van der Waals surface area contributed by atoms with Crippen LogP contribution in [0.1, 0.15) is 43.9 Å². The first-order valence-corrected chi connectivity index (χ1v) is 15.3. The number of ether oxygens (including phenoxy) is 2. The van der Waals surface area contributed by atoms with Crippen LogP contribution < -0.4 is 19.8 Å². The molecule has 8 nitrogen and oxygen atoms in total. The van der Waals surface area contributed by atoms with Crippen LogP contribution in [0, 0.1) is 13.8 Å². The lowest BCUT2D eigenvalue weighted by molar-refractivity contribution is -0.126. The SMILES string of the molecule is COc1ccc(CCN2C(=O)c3oc4cc(C)c(C)cc4c(=O)c3C23C(=O)N(Cc2ccccc2Cl)c2ccccc23)cc1OC. The van der Waals surface area contributed by atoms with Crippen LogP contribution >= 0.6 is 11.6 Å². The van der Waals surface area contributed by atoms with Gasteiger partial charge in [0, 0.05) is 17.1 Å². The summed E-state index contributed by atoms with van der Waals surface area (Å²) in [6.45, 7) is 4.11. The number of aryl methyl sites for hydroxylation is 2. The molecule has 0 saturated carbocycles. The summed E-state index contributed by atoms with van der Waals surface area (Å²) >= 11 is 6.56. The Morgan fingerprint density at radius 1 is 0.848 bits per heavy atom. The predicted molar refractivity (Wildman–Crippen MR) is 176 cm³/mol. The molecular weight excluding hydrogens is 604 g/mol. The van der Waals surface area contributed by atoms with Gasteiger partial charge in [-0.3, -0.25) is 14.4 Å². The van der Waals surface area contributed by atoms with Crippen molar-refractivity contribution in [2.75, 3.05) is 25.7 Å². The number of halogens is 1. The van der Waals surface area contributed by atoms with Gasteiger partial charge < -0.3 is 23.7 Å². The zero-order valence-corrected chi connectivity index (χ0v) is 26.6. The lowest BCUT2D eigenvalue weighted by atomic mass is 9.83. The number of benzene rings is 4. The van der Waals surface area contributed by atoms with Crippen LogP contribution in [-0.4, -0.2) is 37.5 Å². The Morgan fingerprint density at radius 2 is 1.57 bits per heavy atom. The van der Waals surface area contributed by atoms with E-state index in [0.29, 0.717) is 45.2 Å². The van der Waals surface area contributed by atoms with Crippen LogP contribution in [0.3, 0.4) is 0 Å². The van der Waals surface area contributed by atoms with Gasteiger partial charge in [0.15, 0.2) is 22.5 Å². The van der Waals surface area contributed by atoms with E-state index in [2.05, 4.69) is 0 Å². The lowest BCUT2D eigenvalue weighted by Gasteiger charge is -2.34. The number of amides is 2. The summed E-state index contributed by atoms with van der Waals surface area (Å²) in [5.74, 6) is 0.0807. The fraction of sp³-hybridized carbons (Fsp3) is 0.216. The van der Waals surface area contributed by atoms with Crippen molar-refractivity contribution < 1.29 is 23.5 Å². The second-order valence-corrected chi connectivity index (χ2v) is 12.1. The van der Waals surface area contributed by atoms with Crippen molar-refractivity contribution in [3.8, 4) is 11.5 Å². The highest BCUT2D eigenvalue weighted by Crippen LogP contribution is 2.53. The number of anilines is 1. The maximum absolute atomic E-state index is 15.1. The van der Waals surface area contributed by atoms with Crippen LogP contribution in [-0.2, 0) is 23.3 Å². The quantitative estimate of drug-likeness (QED) is 0.201. The van der Waals surface area contributed by atoms with Gasteiger partial charge >= 0.3 is 0 Å². The molecule has 7 rings (SSSR count). The summed E-state index contributed by atoms with van der Waals surface area (Å²) in [5, 5.41) is 0.837. The first-order chi connectivity index (χ1) is 22.2. The lowest BCUT2D eigenvalue weighted by Crippen LogP contribution is -2.53. The molecule has 2 aliphatic rings. The smallest absolute Gasteiger partial charge is 0.291 e. The van der Waals surface area contributed by atoms with Crippen molar-refractivity contribution in [2.45, 2.75) is 32.4 Å². The van der Waals surface area contributed by atoms with Crippen molar-refractivity contribution in [3.05, 3.63) is 133 Å². The minimum Gasteiger partial charge on any atom is -0.493 e. The molecule has 3 heterocycles.